The molecule has 1 saturated carbocycles. The molecule has 3 heterocycles. The lowest BCUT2D eigenvalue weighted by Crippen LogP contribution is -2.63. The quantitative estimate of drug-likeness (QED) is 0.296. The molecule has 152 valence electrons. The Kier molecular flexibility index (Phi) is 5.90. The summed E-state index contributed by atoms with van der Waals surface area (Å²) in [5.74, 6) is -0.186. The zero-order valence-corrected chi connectivity index (χ0v) is 15.8. The number of esters is 1. The first-order valence-electron chi connectivity index (χ1n) is 9.98. The number of hydrazine groups is 2. The van der Waals surface area contributed by atoms with Crippen molar-refractivity contribution < 1.29 is 14.3 Å². The van der Waals surface area contributed by atoms with Gasteiger partial charge in [0.1, 0.15) is 6.04 Å². The van der Waals surface area contributed by atoms with Crippen LogP contribution in [0.1, 0.15) is 25.7 Å². The van der Waals surface area contributed by atoms with Gasteiger partial charge in [0, 0.05) is 38.4 Å². The van der Waals surface area contributed by atoms with Crippen molar-refractivity contribution in [2.24, 2.45) is 11.8 Å². The van der Waals surface area contributed by atoms with Crippen molar-refractivity contribution in [3.8, 4) is 0 Å². The number of nitrogens with one attached hydrogen (secondary N) is 6. The summed E-state index contributed by atoms with van der Waals surface area (Å²) in [4.78, 5) is 27.4. The summed E-state index contributed by atoms with van der Waals surface area (Å²) in [6, 6.07) is -0.214. The average molecular weight is 381 g/mol. The molecule has 6 unspecified atom stereocenters. The molecule has 10 heteroatoms. The molecule has 0 aromatic heterocycles. The number of rotatable bonds is 4. The van der Waals surface area contributed by atoms with Gasteiger partial charge in [-0.15, -0.1) is 0 Å². The SMILES string of the molecule is COC(=O)C1CC2NNCC2CC1NC(=O)C1CCC(N2CCNC2)NN1. The molecule has 6 N–H and O–H groups in total. The fourth-order valence-electron chi connectivity index (χ4n) is 4.79. The van der Waals surface area contributed by atoms with E-state index in [4.69, 9.17) is 4.74 Å². The van der Waals surface area contributed by atoms with Crippen LogP contribution in [0.3, 0.4) is 0 Å². The van der Waals surface area contributed by atoms with Crippen molar-refractivity contribution in [1.29, 1.82) is 0 Å². The average Bonchev–Trinajstić information content (AvgIpc) is 3.38. The van der Waals surface area contributed by atoms with E-state index in [-0.39, 0.29) is 42.1 Å². The highest BCUT2D eigenvalue weighted by Gasteiger charge is 2.44. The third kappa shape index (κ3) is 4.10. The maximum absolute atomic E-state index is 12.8. The van der Waals surface area contributed by atoms with Gasteiger partial charge in [-0.2, -0.15) is 0 Å². The maximum atomic E-state index is 12.8. The van der Waals surface area contributed by atoms with Gasteiger partial charge in [0.05, 0.1) is 19.2 Å². The van der Waals surface area contributed by atoms with Crippen LogP contribution in [0.15, 0.2) is 0 Å². The molecule has 0 aromatic rings. The topological polar surface area (TPSA) is 119 Å². The largest absolute Gasteiger partial charge is 0.469 e. The fourth-order valence-corrected chi connectivity index (χ4v) is 4.79. The van der Waals surface area contributed by atoms with Crippen LogP contribution < -0.4 is 32.3 Å². The number of carbonyl (C=O) groups excluding carboxylic acids is 2. The van der Waals surface area contributed by atoms with Crippen molar-refractivity contribution in [2.75, 3.05) is 33.4 Å². The van der Waals surface area contributed by atoms with Crippen LogP contribution >= 0.6 is 0 Å². The first-order valence-corrected chi connectivity index (χ1v) is 9.98. The lowest BCUT2D eigenvalue weighted by Gasteiger charge is -2.39. The van der Waals surface area contributed by atoms with Crippen molar-refractivity contribution >= 4 is 11.9 Å². The molecule has 4 aliphatic rings. The number of hydrogen-bond acceptors (Lipinski definition) is 9. The van der Waals surface area contributed by atoms with E-state index < -0.39 is 0 Å². The van der Waals surface area contributed by atoms with Crippen molar-refractivity contribution in [3.63, 3.8) is 0 Å². The predicted molar refractivity (Wildman–Crippen MR) is 97.7 cm³/mol. The van der Waals surface area contributed by atoms with Crippen molar-refractivity contribution in [3.05, 3.63) is 0 Å². The Morgan fingerprint density at radius 3 is 2.74 bits per heavy atom. The Hall–Kier alpha value is -1.30. The van der Waals surface area contributed by atoms with Crippen molar-refractivity contribution in [1.82, 2.24) is 37.2 Å². The second-order valence-corrected chi connectivity index (χ2v) is 8.01. The Bertz CT molecular complexity index is 549. The highest BCUT2D eigenvalue weighted by Crippen LogP contribution is 2.32. The standard InChI is InChI=1S/C17H31N7O3/c1-27-17(26)11-7-13-10(8-19-21-13)6-14(11)20-16(25)12-2-3-15(23-22-12)24-5-4-18-9-24/h10-15,18-19,21-23H,2-9H2,1H3,(H,20,25). The van der Waals surface area contributed by atoms with E-state index in [2.05, 4.69) is 37.2 Å². The van der Waals surface area contributed by atoms with Crippen molar-refractivity contribution in [2.45, 2.75) is 50.0 Å². The van der Waals surface area contributed by atoms with E-state index in [0.29, 0.717) is 12.3 Å². The Morgan fingerprint density at radius 1 is 1.15 bits per heavy atom. The van der Waals surface area contributed by atoms with E-state index >= 15 is 0 Å². The van der Waals surface area contributed by atoms with Crippen LogP contribution in [0.2, 0.25) is 0 Å². The minimum atomic E-state index is -0.312. The molecule has 4 rings (SSSR count). The lowest BCUT2D eigenvalue weighted by molar-refractivity contribution is -0.148. The first kappa shape index (κ1) is 19.0. The van der Waals surface area contributed by atoms with Crippen LogP contribution in [-0.2, 0) is 14.3 Å². The number of fused-ring (bicyclic) bond motifs is 1. The minimum Gasteiger partial charge on any atom is -0.469 e. The smallest absolute Gasteiger partial charge is 0.310 e. The predicted octanol–water partition coefficient (Wildman–Crippen LogP) is -2.41. The third-order valence-electron chi connectivity index (χ3n) is 6.40. The number of methoxy groups -OCH3 is 1. The molecule has 27 heavy (non-hydrogen) atoms. The number of carbonyl (C=O) groups is 2. The Labute approximate surface area is 159 Å². The van der Waals surface area contributed by atoms with E-state index in [1.807, 2.05) is 0 Å². The van der Waals surface area contributed by atoms with E-state index in [1.165, 1.54) is 7.11 Å². The number of amides is 1. The van der Waals surface area contributed by atoms with Gasteiger partial charge in [-0.25, -0.2) is 10.9 Å². The van der Waals surface area contributed by atoms with Gasteiger partial charge in [0.15, 0.2) is 0 Å². The molecule has 1 amide bonds. The molecule has 3 saturated heterocycles. The van der Waals surface area contributed by atoms with Gasteiger partial charge in [-0.3, -0.25) is 25.3 Å². The van der Waals surface area contributed by atoms with E-state index in [9.17, 15) is 9.59 Å². The monoisotopic (exact) mass is 381 g/mol. The zero-order valence-electron chi connectivity index (χ0n) is 15.8. The van der Waals surface area contributed by atoms with Crippen LogP contribution in [0, 0.1) is 11.8 Å². The number of ether oxygens (including phenoxy) is 1. The third-order valence-corrected chi connectivity index (χ3v) is 6.40. The van der Waals surface area contributed by atoms with Gasteiger partial charge < -0.3 is 15.4 Å². The lowest BCUT2D eigenvalue weighted by atomic mass is 9.75. The fraction of sp³-hybridized carbons (Fsp3) is 0.882. The normalized spacial score (nSPS) is 39.7. The zero-order chi connectivity index (χ0) is 18.8. The molecule has 10 nitrogen and oxygen atoms in total. The van der Waals surface area contributed by atoms with Crippen LogP contribution in [-0.4, -0.2) is 74.5 Å². The summed E-state index contributed by atoms with van der Waals surface area (Å²) in [5, 5.41) is 6.45. The van der Waals surface area contributed by atoms with E-state index in [0.717, 1.165) is 45.6 Å². The number of nitrogens with zero attached hydrogens (tertiary/aromatic N) is 1. The van der Waals surface area contributed by atoms with Gasteiger partial charge in [0.2, 0.25) is 5.91 Å². The molecule has 3 aliphatic heterocycles. The molecule has 0 radical (unpaired) electrons. The maximum Gasteiger partial charge on any atom is 0.310 e. The highest BCUT2D eigenvalue weighted by atomic mass is 16.5. The number of hydrogen-bond donors (Lipinski definition) is 6. The molecule has 6 atom stereocenters. The molecular weight excluding hydrogens is 350 g/mol. The Morgan fingerprint density at radius 2 is 2.04 bits per heavy atom. The van der Waals surface area contributed by atoms with Gasteiger partial charge >= 0.3 is 5.97 Å². The summed E-state index contributed by atoms with van der Waals surface area (Å²) in [5.41, 5.74) is 12.8. The summed E-state index contributed by atoms with van der Waals surface area (Å²) in [6.45, 7) is 3.76. The molecule has 0 bridgehead atoms. The van der Waals surface area contributed by atoms with Gasteiger partial charge in [-0.05, 0) is 31.6 Å². The van der Waals surface area contributed by atoms with Gasteiger partial charge in [-0.1, -0.05) is 0 Å². The molecule has 4 fully saturated rings. The summed E-state index contributed by atoms with van der Waals surface area (Å²) in [6.07, 6.45) is 3.38. The summed E-state index contributed by atoms with van der Waals surface area (Å²) >= 11 is 0. The highest BCUT2D eigenvalue weighted by molar-refractivity contribution is 5.83. The van der Waals surface area contributed by atoms with E-state index in [1.54, 1.807) is 0 Å². The van der Waals surface area contributed by atoms with Crippen LogP contribution in [0.5, 0.6) is 0 Å². The summed E-state index contributed by atoms with van der Waals surface area (Å²) in [7, 11) is 1.41. The van der Waals surface area contributed by atoms with Crippen LogP contribution in [0.25, 0.3) is 0 Å². The Balaban J connectivity index is 1.32. The summed E-state index contributed by atoms with van der Waals surface area (Å²) < 4.78 is 4.99. The second-order valence-electron chi connectivity index (χ2n) is 8.01. The first-order chi connectivity index (χ1) is 13.2. The molecule has 1 aliphatic carbocycles. The minimum absolute atomic E-state index is 0.0447. The van der Waals surface area contributed by atoms with Gasteiger partial charge in [0.25, 0.3) is 0 Å². The molecule has 0 spiro atoms. The molecule has 0 aromatic carbocycles. The second kappa shape index (κ2) is 8.38. The van der Waals surface area contributed by atoms with Crippen LogP contribution in [0.4, 0.5) is 0 Å². The molecular formula is C17H31N7O3.